The lowest BCUT2D eigenvalue weighted by Crippen LogP contribution is -2.43. The Morgan fingerprint density at radius 2 is 2.32 bits per heavy atom. The summed E-state index contributed by atoms with van der Waals surface area (Å²) in [7, 11) is 0. The summed E-state index contributed by atoms with van der Waals surface area (Å²) in [6, 6.07) is 1.44. The second kappa shape index (κ2) is 7.60. The van der Waals surface area contributed by atoms with Crippen LogP contribution < -0.4 is 5.56 Å². The van der Waals surface area contributed by atoms with E-state index in [9.17, 15) is 9.59 Å². The smallest absolute Gasteiger partial charge is 0.251 e. The van der Waals surface area contributed by atoms with Gasteiger partial charge < -0.3 is 19.2 Å². The number of morpholine rings is 1. The van der Waals surface area contributed by atoms with Gasteiger partial charge in [0.2, 0.25) is 5.91 Å². The molecule has 0 radical (unpaired) electrons. The van der Waals surface area contributed by atoms with Crippen LogP contribution in [0.3, 0.4) is 0 Å². The summed E-state index contributed by atoms with van der Waals surface area (Å²) in [5.41, 5.74) is 0.364. The maximum absolute atomic E-state index is 12.6. The maximum atomic E-state index is 12.6. The van der Waals surface area contributed by atoms with Gasteiger partial charge in [0.25, 0.3) is 5.56 Å². The lowest BCUT2D eigenvalue weighted by molar-refractivity contribution is -0.139. The molecule has 1 saturated heterocycles. The molecule has 1 atom stereocenters. The first-order valence-corrected chi connectivity index (χ1v) is 8.54. The fourth-order valence-electron chi connectivity index (χ4n) is 3.05. The Labute approximate surface area is 145 Å². The molecule has 1 amide bonds. The number of carbonyl (C=O) groups is 1. The number of rotatable bonds is 5. The van der Waals surface area contributed by atoms with Crippen LogP contribution in [0, 0.1) is 6.92 Å². The van der Waals surface area contributed by atoms with E-state index in [0.717, 1.165) is 12.2 Å². The molecule has 25 heavy (non-hydrogen) atoms. The first-order valence-electron chi connectivity index (χ1n) is 8.54. The Morgan fingerprint density at radius 1 is 1.48 bits per heavy atom. The van der Waals surface area contributed by atoms with Crippen LogP contribution in [0.15, 0.2) is 23.3 Å². The molecular weight excluding hydrogens is 322 g/mol. The van der Waals surface area contributed by atoms with Crippen molar-refractivity contribution >= 4 is 5.91 Å². The van der Waals surface area contributed by atoms with Crippen LogP contribution in [-0.2, 0) is 22.5 Å². The average molecular weight is 345 g/mol. The zero-order valence-electron chi connectivity index (χ0n) is 14.6. The Morgan fingerprint density at radius 3 is 3.08 bits per heavy atom. The SMILES string of the molecule is CCc1nccn1CCC(=O)N1CCOC(c2cc(=O)[nH]c(C)n2)C1. The maximum Gasteiger partial charge on any atom is 0.251 e. The van der Waals surface area contributed by atoms with E-state index >= 15 is 0 Å². The fourth-order valence-corrected chi connectivity index (χ4v) is 3.05. The molecule has 2 aromatic rings. The molecule has 8 nitrogen and oxygen atoms in total. The Balaban J connectivity index is 1.62. The van der Waals surface area contributed by atoms with Crippen molar-refractivity contribution in [3.8, 4) is 0 Å². The quantitative estimate of drug-likeness (QED) is 0.866. The van der Waals surface area contributed by atoms with Gasteiger partial charge in [-0.15, -0.1) is 0 Å². The molecule has 1 aliphatic rings. The number of hydrogen-bond acceptors (Lipinski definition) is 5. The number of hydrogen-bond donors (Lipinski definition) is 1. The van der Waals surface area contributed by atoms with E-state index in [1.54, 1.807) is 18.0 Å². The second-order valence-corrected chi connectivity index (χ2v) is 6.10. The summed E-state index contributed by atoms with van der Waals surface area (Å²) in [6.07, 6.45) is 4.55. The molecule has 0 saturated carbocycles. The van der Waals surface area contributed by atoms with E-state index in [1.165, 1.54) is 6.07 Å². The minimum absolute atomic E-state index is 0.0746. The van der Waals surface area contributed by atoms with E-state index in [-0.39, 0.29) is 17.6 Å². The van der Waals surface area contributed by atoms with E-state index in [0.29, 0.717) is 44.2 Å². The lowest BCUT2D eigenvalue weighted by atomic mass is 10.2. The number of nitrogens with one attached hydrogen (secondary N) is 1. The summed E-state index contributed by atoms with van der Waals surface area (Å²) < 4.78 is 7.73. The molecule has 0 spiro atoms. The molecular formula is C17H23N5O3. The molecule has 3 rings (SSSR count). The van der Waals surface area contributed by atoms with Gasteiger partial charge in [0, 0.05) is 44.4 Å². The highest BCUT2D eigenvalue weighted by atomic mass is 16.5. The Kier molecular flexibility index (Phi) is 5.28. The highest BCUT2D eigenvalue weighted by Crippen LogP contribution is 2.20. The number of aromatic amines is 1. The van der Waals surface area contributed by atoms with Crippen molar-refractivity contribution in [2.24, 2.45) is 0 Å². The van der Waals surface area contributed by atoms with Crippen LogP contribution in [0.2, 0.25) is 0 Å². The Hall–Kier alpha value is -2.48. The van der Waals surface area contributed by atoms with E-state index in [2.05, 4.69) is 15.0 Å². The molecule has 2 aromatic heterocycles. The standard InChI is InChI=1S/C17H23N5O3/c1-3-15-18-5-7-21(15)6-4-17(24)22-8-9-25-14(11-22)13-10-16(23)20-12(2)19-13/h5,7,10,14H,3-4,6,8-9,11H2,1-2H3,(H,19,20,23). The van der Waals surface area contributed by atoms with Crippen LogP contribution in [0.25, 0.3) is 0 Å². The third kappa shape index (κ3) is 4.14. The van der Waals surface area contributed by atoms with Gasteiger partial charge in [0.15, 0.2) is 0 Å². The molecule has 8 heteroatoms. The number of amides is 1. The number of carbonyl (C=O) groups excluding carboxylic acids is 1. The van der Waals surface area contributed by atoms with Crippen molar-refractivity contribution in [2.45, 2.75) is 39.3 Å². The summed E-state index contributed by atoms with van der Waals surface area (Å²) >= 11 is 0. The van der Waals surface area contributed by atoms with E-state index in [4.69, 9.17) is 4.74 Å². The van der Waals surface area contributed by atoms with Crippen molar-refractivity contribution in [1.82, 2.24) is 24.4 Å². The number of aromatic nitrogens is 4. The molecule has 0 aromatic carbocycles. The first-order chi connectivity index (χ1) is 12.1. The van der Waals surface area contributed by atoms with Crippen molar-refractivity contribution < 1.29 is 9.53 Å². The minimum Gasteiger partial charge on any atom is -0.368 e. The average Bonchev–Trinajstić information content (AvgIpc) is 3.06. The fraction of sp³-hybridized carbons (Fsp3) is 0.529. The van der Waals surface area contributed by atoms with Gasteiger partial charge in [-0.05, 0) is 6.92 Å². The summed E-state index contributed by atoms with van der Waals surface area (Å²) in [4.78, 5) is 37.2. The van der Waals surface area contributed by atoms with Crippen LogP contribution >= 0.6 is 0 Å². The topological polar surface area (TPSA) is 93.1 Å². The number of ether oxygens (including phenoxy) is 1. The van der Waals surface area contributed by atoms with Gasteiger partial charge in [0.05, 0.1) is 18.8 Å². The van der Waals surface area contributed by atoms with Gasteiger partial charge in [0.1, 0.15) is 17.8 Å². The molecule has 1 fully saturated rings. The largest absolute Gasteiger partial charge is 0.368 e. The zero-order chi connectivity index (χ0) is 17.8. The molecule has 1 aliphatic heterocycles. The van der Waals surface area contributed by atoms with Gasteiger partial charge in [-0.25, -0.2) is 9.97 Å². The molecule has 0 bridgehead atoms. The highest BCUT2D eigenvalue weighted by Gasteiger charge is 2.26. The monoisotopic (exact) mass is 345 g/mol. The van der Waals surface area contributed by atoms with Gasteiger partial charge in [-0.1, -0.05) is 6.92 Å². The normalized spacial score (nSPS) is 17.7. The highest BCUT2D eigenvalue weighted by molar-refractivity contribution is 5.76. The second-order valence-electron chi connectivity index (χ2n) is 6.10. The Bertz CT molecular complexity index is 798. The third-order valence-electron chi connectivity index (χ3n) is 4.31. The number of aryl methyl sites for hydroxylation is 3. The van der Waals surface area contributed by atoms with Gasteiger partial charge in [-0.3, -0.25) is 9.59 Å². The summed E-state index contributed by atoms with van der Waals surface area (Å²) in [6.45, 7) is 5.81. The third-order valence-corrected chi connectivity index (χ3v) is 4.31. The first kappa shape index (κ1) is 17.3. The van der Waals surface area contributed by atoms with E-state index in [1.807, 2.05) is 17.7 Å². The predicted octanol–water partition coefficient (Wildman–Crippen LogP) is 0.827. The predicted molar refractivity (Wildman–Crippen MR) is 91.1 cm³/mol. The molecule has 1 N–H and O–H groups in total. The van der Waals surface area contributed by atoms with Crippen molar-refractivity contribution in [3.05, 3.63) is 46.2 Å². The van der Waals surface area contributed by atoms with Crippen LogP contribution in [0.5, 0.6) is 0 Å². The molecule has 1 unspecified atom stereocenters. The van der Waals surface area contributed by atoms with Crippen molar-refractivity contribution in [1.29, 1.82) is 0 Å². The van der Waals surface area contributed by atoms with Crippen molar-refractivity contribution in [2.75, 3.05) is 19.7 Å². The van der Waals surface area contributed by atoms with E-state index < -0.39 is 0 Å². The minimum atomic E-state index is -0.363. The van der Waals surface area contributed by atoms with Crippen LogP contribution in [0.4, 0.5) is 0 Å². The number of imidazole rings is 1. The number of nitrogens with zero attached hydrogens (tertiary/aromatic N) is 4. The lowest BCUT2D eigenvalue weighted by Gasteiger charge is -2.32. The summed E-state index contributed by atoms with van der Waals surface area (Å²) in [5.74, 6) is 1.60. The summed E-state index contributed by atoms with van der Waals surface area (Å²) in [5, 5.41) is 0. The molecule has 0 aliphatic carbocycles. The molecule has 134 valence electrons. The van der Waals surface area contributed by atoms with Crippen LogP contribution in [-0.4, -0.2) is 50.0 Å². The van der Waals surface area contributed by atoms with Gasteiger partial charge in [-0.2, -0.15) is 0 Å². The van der Waals surface area contributed by atoms with Gasteiger partial charge >= 0.3 is 0 Å². The molecule has 3 heterocycles. The van der Waals surface area contributed by atoms with Crippen molar-refractivity contribution in [3.63, 3.8) is 0 Å². The number of H-pyrrole nitrogens is 1. The zero-order valence-corrected chi connectivity index (χ0v) is 14.6. The van der Waals surface area contributed by atoms with Crippen LogP contribution in [0.1, 0.15) is 36.8 Å².